The van der Waals surface area contributed by atoms with Gasteiger partial charge in [-0.15, -0.1) is 12.4 Å². The molecule has 1 aromatic rings. The fraction of sp³-hybridized carbons (Fsp3) is 0.400. The van der Waals surface area contributed by atoms with Crippen LogP contribution in [0.15, 0.2) is 24.3 Å². The summed E-state index contributed by atoms with van der Waals surface area (Å²) in [6.45, 7) is 3.24. The van der Waals surface area contributed by atoms with Crippen molar-refractivity contribution in [3.05, 3.63) is 35.6 Å². The van der Waals surface area contributed by atoms with E-state index in [0.717, 1.165) is 6.54 Å². The maximum Gasteiger partial charge on any atom is 0.145 e. The van der Waals surface area contributed by atoms with Gasteiger partial charge in [0.1, 0.15) is 11.5 Å². The van der Waals surface area contributed by atoms with Crippen molar-refractivity contribution in [3.8, 4) is 0 Å². The van der Waals surface area contributed by atoms with E-state index in [1.165, 1.54) is 6.07 Å². The maximum absolute atomic E-state index is 13.4. The fourth-order valence-electron chi connectivity index (χ4n) is 1.62. The van der Waals surface area contributed by atoms with Crippen LogP contribution in [0, 0.1) is 5.82 Å². The third kappa shape index (κ3) is 1.90. The number of nitrogens with one attached hydrogen (secondary N) is 1. The number of hydrogen-bond acceptors (Lipinski definition) is 2. The molecule has 0 bridgehead atoms. The molecule has 1 aliphatic heterocycles. The average molecular weight is 218 g/mol. The van der Waals surface area contributed by atoms with E-state index in [1.54, 1.807) is 12.1 Å². The van der Waals surface area contributed by atoms with Crippen molar-refractivity contribution in [1.29, 1.82) is 0 Å². The lowest BCUT2D eigenvalue weighted by Crippen LogP contribution is -2.35. The highest BCUT2D eigenvalue weighted by Gasteiger charge is 2.33. The smallest absolute Gasteiger partial charge is 0.145 e. The molecule has 1 heterocycles. The molecule has 4 heteroatoms. The van der Waals surface area contributed by atoms with Crippen molar-refractivity contribution in [2.75, 3.05) is 13.2 Å². The molecule has 1 atom stereocenters. The Hall–Kier alpha value is -0.640. The Balaban J connectivity index is 0.000000980. The van der Waals surface area contributed by atoms with Crippen molar-refractivity contribution in [2.45, 2.75) is 12.6 Å². The average Bonchev–Trinajstić information content (AvgIpc) is 2.54. The molecule has 1 unspecified atom stereocenters. The summed E-state index contributed by atoms with van der Waals surface area (Å²) in [5, 5.41) is 3.13. The topological polar surface area (TPSA) is 21.3 Å². The van der Waals surface area contributed by atoms with Gasteiger partial charge in [0.2, 0.25) is 0 Å². The summed E-state index contributed by atoms with van der Waals surface area (Å²) >= 11 is 0. The molecule has 0 spiro atoms. The van der Waals surface area contributed by atoms with Gasteiger partial charge in [-0.25, -0.2) is 4.39 Å². The number of hydrogen-bond donors (Lipinski definition) is 1. The third-order valence-corrected chi connectivity index (χ3v) is 2.34. The minimum Gasteiger partial charge on any atom is -0.355 e. The fourth-order valence-corrected chi connectivity index (χ4v) is 1.62. The molecule has 2 rings (SSSR count). The quantitative estimate of drug-likeness (QED) is 0.778. The Morgan fingerprint density at radius 3 is 2.71 bits per heavy atom. The number of ether oxygens (including phenoxy) is 1. The maximum atomic E-state index is 13.4. The van der Waals surface area contributed by atoms with Gasteiger partial charge < -0.3 is 4.74 Å². The SMILES string of the molecule is CC1(c2ccccc2F)NCCO1.Cl. The first-order valence-corrected chi connectivity index (χ1v) is 4.36. The molecule has 78 valence electrons. The van der Waals surface area contributed by atoms with Gasteiger partial charge in [0, 0.05) is 12.1 Å². The minimum absolute atomic E-state index is 0. The van der Waals surface area contributed by atoms with E-state index in [9.17, 15) is 4.39 Å². The molecule has 0 radical (unpaired) electrons. The van der Waals surface area contributed by atoms with Crippen LogP contribution >= 0.6 is 12.4 Å². The highest BCUT2D eigenvalue weighted by Crippen LogP contribution is 2.27. The number of halogens is 2. The van der Waals surface area contributed by atoms with Crippen molar-refractivity contribution in [2.24, 2.45) is 0 Å². The zero-order valence-electron chi connectivity index (χ0n) is 7.92. The predicted octanol–water partition coefficient (Wildman–Crippen LogP) is 2.04. The molecule has 1 aromatic carbocycles. The van der Waals surface area contributed by atoms with Gasteiger partial charge in [-0.2, -0.15) is 0 Å². The molecule has 0 aromatic heterocycles. The first kappa shape index (κ1) is 11.4. The molecule has 2 nitrogen and oxygen atoms in total. The van der Waals surface area contributed by atoms with E-state index in [0.29, 0.717) is 12.2 Å². The first-order valence-electron chi connectivity index (χ1n) is 4.36. The second-order valence-corrected chi connectivity index (χ2v) is 3.29. The lowest BCUT2D eigenvalue weighted by atomic mass is 10.0. The number of benzene rings is 1. The number of rotatable bonds is 1. The Bertz CT molecular complexity index is 313. The van der Waals surface area contributed by atoms with Crippen LogP contribution in [0.3, 0.4) is 0 Å². The van der Waals surface area contributed by atoms with Gasteiger partial charge in [0.25, 0.3) is 0 Å². The summed E-state index contributed by atoms with van der Waals surface area (Å²) in [5.74, 6) is -0.223. The van der Waals surface area contributed by atoms with Gasteiger partial charge in [-0.1, -0.05) is 18.2 Å². The van der Waals surface area contributed by atoms with Gasteiger partial charge in [0.15, 0.2) is 0 Å². The molecular formula is C10H13ClFNO. The van der Waals surface area contributed by atoms with Crippen LogP contribution in [0.4, 0.5) is 4.39 Å². The zero-order valence-corrected chi connectivity index (χ0v) is 8.73. The molecule has 1 aliphatic rings. The minimum atomic E-state index is -0.647. The highest BCUT2D eigenvalue weighted by atomic mass is 35.5. The molecule has 0 saturated carbocycles. The summed E-state index contributed by atoms with van der Waals surface area (Å²) in [5.41, 5.74) is -0.0711. The zero-order chi connectivity index (χ0) is 9.31. The predicted molar refractivity (Wildman–Crippen MR) is 55.0 cm³/mol. The van der Waals surface area contributed by atoms with Gasteiger partial charge in [-0.3, -0.25) is 5.32 Å². The second kappa shape index (κ2) is 4.26. The van der Waals surface area contributed by atoms with Crippen LogP contribution in [0.25, 0.3) is 0 Å². The lowest BCUT2D eigenvalue weighted by Gasteiger charge is -2.24. The van der Waals surface area contributed by atoms with Crippen molar-refractivity contribution >= 4 is 12.4 Å². The van der Waals surface area contributed by atoms with Gasteiger partial charge in [0.05, 0.1) is 6.61 Å². The Morgan fingerprint density at radius 1 is 1.43 bits per heavy atom. The van der Waals surface area contributed by atoms with Gasteiger partial charge in [-0.05, 0) is 13.0 Å². The van der Waals surface area contributed by atoms with Crippen LogP contribution < -0.4 is 5.32 Å². The van der Waals surface area contributed by atoms with Crippen LogP contribution in [-0.2, 0) is 10.5 Å². The van der Waals surface area contributed by atoms with Crippen LogP contribution in [0.1, 0.15) is 12.5 Å². The van der Waals surface area contributed by atoms with E-state index < -0.39 is 5.72 Å². The standard InChI is InChI=1S/C10H12FNO.ClH/c1-10(12-6-7-13-10)8-4-2-3-5-9(8)11;/h2-5,12H,6-7H2,1H3;1H. The first-order chi connectivity index (χ1) is 6.22. The summed E-state index contributed by atoms with van der Waals surface area (Å²) in [4.78, 5) is 0. The summed E-state index contributed by atoms with van der Waals surface area (Å²) in [6, 6.07) is 6.68. The normalized spacial score (nSPS) is 25.9. The molecule has 0 amide bonds. The van der Waals surface area contributed by atoms with E-state index in [-0.39, 0.29) is 18.2 Å². The molecule has 1 fully saturated rings. The summed E-state index contributed by atoms with van der Waals surface area (Å²) in [6.07, 6.45) is 0. The summed E-state index contributed by atoms with van der Waals surface area (Å²) in [7, 11) is 0. The molecule has 0 aliphatic carbocycles. The van der Waals surface area contributed by atoms with Crippen molar-refractivity contribution in [1.82, 2.24) is 5.32 Å². The molecule has 14 heavy (non-hydrogen) atoms. The largest absolute Gasteiger partial charge is 0.355 e. The van der Waals surface area contributed by atoms with Crippen molar-refractivity contribution < 1.29 is 9.13 Å². The monoisotopic (exact) mass is 217 g/mol. The molecular weight excluding hydrogens is 205 g/mol. The summed E-state index contributed by atoms with van der Waals surface area (Å²) < 4.78 is 18.8. The van der Waals surface area contributed by atoms with E-state index in [2.05, 4.69) is 5.32 Å². The molecule has 1 N–H and O–H groups in total. The third-order valence-electron chi connectivity index (χ3n) is 2.34. The molecule has 1 saturated heterocycles. The Morgan fingerprint density at radius 2 is 2.14 bits per heavy atom. The van der Waals surface area contributed by atoms with Crippen LogP contribution in [0.5, 0.6) is 0 Å². The second-order valence-electron chi connectivity index (χ2n) is 3.29. The highest BCUT2D eigenvalue weighted by molar-refractivity contribution is 5.85. The van der Waals surface area contributed by atoms with E-state index in [1.807, 2.05) is 13.0 Å². The van der Waals surface area contributed by atoms with Crippen LogP contribution in [-0.4, -0.2) is 13.2 Å². The van der Waals surface area contributed by atoms with Crippen molar-refractivity contribution in [3.63, 3.8) is 0 Å². The Kier molecular flexibility index (Phi) is 3.48. The van der Waals surface area contributed by atoms with Gasteiger partial charge >= 0.3 is 0 Å². The van der Waals surface area contributed by atoms with E-state index in [4.69, 9.17) is 4.74 Å². The lowest BCUT2D eigenvalue weighted by molar-refractivity contribution is -0.000383. The Labute approximate surface area is 88.9 Å². The van der Waals surface area contributed by atoms with E-state index >= 15 is 0 Å². The van der Waals surface area contributed by atoms with Crippen LogP contribution in [0.2, 0.25) is 0 Å².